The highest BCUT2D eigenvalue weighted by molar-refractivity contribution is 7.99. The van der Waals surface area contributed by atoms with Gasteiger partial charge in [0.1, 0.15) is 11.8 Å². The number of esters is 1. The van der Waals surface area contributed by atoms with Gasteiger partial charge in [0.2, 0.25) is 5.16 Å². The van der Waals surface area contributed by atoms with Gasteiger partial charge in [0, 0.05) is 11.4 Å². The molecule has 4 rings (SSSR count). The number of ether oxygens (including phenoxy) is 1. The van der Waals surface area contributed by atoms with Gasteiger partial charge in [-0.3, -0.25) is 0 Å². The van der Waals surface area contributed by atoms with Gasteiger partial charge in [0.15, 0.2) is 0 Å². The summed E-state index contributed by atoms with van der Waals surface area (Å²) in [5, 5.41) is 18.1. The molecule has 0 bridgehead atoms. The lowest BCUT2D eigenvalue weighted by atomic mass is 10.0. The Labute approximate surface area is 188 Å². The molecule has 11 heteroatoms. The first-order valence-electron chi connectivity index (χ1n) is 9.98. The highest BCUT2D eigenvalue weighted by atomic mass is 32.2. The summed E-state index contributed by atoms with van der Waals surface area (Å²) in [6.45, 7) is 5.90. The van der Waals surface area contributed by atoms with E-state index in [-0.39, 0.29) is 17.9 Å². The van der Waals surface area contributed by atoms with E-state index in [2.05, 4.69) is 26.2 Å². The van der Waals surface area contributed by atoms with Gasteiger partial charge in [-0.1, -0.05) is 30.0 Å². The van der Waals surface area contributed by atoms with Gasteiger partial charge in [0.05, 0.1) is 24.1 Å². The Morgan fingerprint density at radius 1 is 1.25 bits per heavy atom. The van der Waals surface area contributed by atoms with Crippen molar-refractivity contribution in [2.24, 2.45) is 0 Å². The Morgan fingerprint density at radius 2 is 2.03 bits per heavy atom. The minimum atomic E-state index is -0.761. The second kappa shape index (κ2) is 9.27. The number of amides is 2. The average molecular weight is 455 g/mol. The SMILES string of the molecule is CCOC(=O)C1=C(CSc2nnnn2-c2c(C)cccc2C)NC(=O)NC1c1ccco1. The minimum absolute atomic E-state index is 0.201. The first-order chi connectivity index (χ1) is 15.5. The Bertz CT molecular complexity index is 1150. The molecule has 0 aliphatic carbocycles. The number of aryl methyl sites for hydroxylation is 2. The fraction of sp³-hybridized carbons (Fsp3) is 0.286. The average Bonchev–Trinajstić information content (AvgIpc) is 3.44. The van der Waals surface area contributed by atoms with E-state index in [1.807, 2.05) is 32.0 Å². The zero-order chi connectivity index (χ0) is 22.7. The molecular weight excluding hydrogens is 432 g/mol. The monoisotopic (exact) mass is 454 g/mol. The number of carbonyl (C=O) groups excluding carboxylic acids is 2. The van der Waals surface area contributed by atoms with E-state index in [0.717, 1.165) is 16.8 Å². The van der Waals surface area contributed by atoms with Crippen molar-refractivity contribution in [3.8, 4) is 5.69 Å². The van der Waals surface area contributed by atoms with Crippen LogP contribution in [0.2, 0.25) is 0 Å². The first kappa shape index (κ1) is 21.6. The van der Waals surface area contributed by atoms with Crippen LogP contribution in [0.15, 0.2) is 57.4 Å². The molecule has 10 nitrogen and oxygen atoms in total. The molecule has 1 aromatic carbocycles. The molecule has 0 saturated heterocycles. The predicted molar refractivity (Wildman–Crippen MR) is 116 cm³/mol. The van der Waals surface area contributed by atoms with Crippen LogP contribution in [-0.2, 0) is 9.53 Å². The van der Waals surface area contributed by atoms with Crippen LogP contribution >= 0.6 is 11.8 Å². The number of urea groups is 1. The third kappa shape index (κ3) is 4.24. The minimum Gasteiger partial charge on any atom is -0.467 e. The normalized spacial score (nSPS) is 16.0. The lowest BCUT2D eigenvalue weighted by molar-refractivity contribution is -0.139. The number of nitrogens with zero attached hydrogens (tertiary/aromatic N) is 4. The maximum atomic E-state index is 12.8. The summed E-state index contributed by atoms with van der Waals surface area (Å²) in [6.07, 6.45) is 1.49. The van der Waals surface area contributed by atoms with Gasteiger partial charge >= 0.3 is 12.0 Å². The van der Waals surface area contributed by atoms with Crippen molar-refractivity contribution in [1.82, 2.24) is 30.8 Å². The Balaban J connectivity index is 1.68. The molecule has 1 aliphatic rings. The van der Waals surface area contributed by atoms with Crippen LogP contribution in [0.4, 0.5) is 4.79 Å². The highest BCUT2D eigenvalue weighted by Gasteiger charge is 2.35. The summed E-state index contributed by atoms with van der Waals surface area (Å²) in [5.74, 6) is 0.140. The summed E-state index contributed by atoms with van der Waals surface area (Å²) < 4.78 is 12.4. The molecule has 3 heterocycles. The summed E-state index contributed by atoms with van der Waals surface area (Å²) >= 11 is 1.30. The maximum absolute atomic E-state index is 12.8. The number of rotatable bonds is 7. The molecular formula is C21H22N6O4S. The molecule has 1 unspecified atom stereocenters. The van der Waals surface area contributed by atoms with Crippen LogP contribution in [0.1, 0.15) is 29.9 Å². The number of para-hydroxylation sites is 1. The fourth-order valence-corrected chi connectivity index (χ4v) is 4.38. The largest absolute Gasteiger partial charge is 0.467 e. The zero-order valence-electron chi connectivity index (χ0n) is 17.8. The number of hydrogen-bond donors (Lipinski definition) is 2. The van der Waals surface area contributed by atoms with Crippen molar-refractivity contribution in [2.45, 2.75) is 32.0 Å². The van der Waals surface area contributed by atoms with Crippen molar-refractivity contribution < 1.29 is 18.7 Å². The molecule has 2 N–H and O–H groups in total. The van der Waals surface area contributed by atoms with Gasteiger partial charge in [-0.25, -0.2) is 9.59 Å². The van der Waals surface area contributed by atoms with E-state index >= 15 is 0 Å². The van der Waals surface area contributed by atoms with Crippen LogP contribution in [0, 0.1) is 13.8 Å². The quantitative estimate of drug-likeness (QED) is 0.413. The fourth-order valence-electron chi connectivity index (χ4n) is 3.54. The first-order valence-corrected chi connectivity index (χ1v) is 11.0. The van der Waals surface area contributed by atoms with E-state index < -0.39 is 18.0 Å². The van der Waals surface area contributed by atoms with Crippen LogP contribution < -0.4 is 10.6 Å². The van der Waals surface area contributed by atoms with Gasteiger partial charge in [-0.15, -0.1) is 5.10 Å². The number of hydrogen-bond acceptors (Lipinski definition) is 8. The van der Waals surface area contributed by atoms with E-state index in [1.165, 1.54) is 18.0 Å². The number of furan rings is 1. The van der Waals surface area contributed by atoms with Crippen molar-refractivity contribution in [1.29, 1.82) is 0 Å². The number of thioether (sulfide) groups is 1. The molecule has 1 atom stereocenters. The van der Waals surface area contributed by atoms with Crippen molar-refractivity contribution in [3.05, 3.63) is 64.8 Å². The highest BCUT2D eigenvalue weighted by Crippen LogP contribution is 2.31. The van der Waals surface area contributed by atoms with E-state index in [0.29, 0.717) is 16.6 Å². The van der Waals surface area contributed by atoms with Crippen molar-refractivity contribution in [3.63, 3.8) is 0 Å². The predicted octanol–water partition coefficient (Wildman–Crippen LogP) is 2.84. The molecule has 2 aromatic heterocycles. The maximum Gasteiger partial charge on any atom is 0.338 e. The van der Waals surface area contributed by atoms with Crippen LogP contribution in [-0.4, -0.2) is 44.6 Å². The summed E-state index contributed by atoms with van der Waals surface area (Å²) in [4.78, 5) is 25.1. The van der Waals surface area contributed by atoms with Gasteiger partial charge in [0.25, 0.3) is 0 Å². The lowest BCUT2D eigenvalue weighted by Crippen LogP contribution is -2.46. The summed E-state index contributed by atoms with van der Waals surface area (Å²) in [5.41, 5.74) is 3.63. The Morgan fingerprint density at radius 3 is 2.72 bits per heavy atom. The molecule has 2 amide bonds. The second-order valence-electron chi connectivity index (χ2n) is 7.06. The van der Waals surface area contributed by atoms with Crippen molar-refractivity contribution in [2.75, 3.05) is 12.4 Å². The number of carbonyl (C=O) groups is 2. The molecule has 0 radical (unpaired) electrons. The lowest BCUT2D eigenvalue weighted by Gasteiger charge is -2.27. The number of aromatic nitrogens is 4. The smallest absolute Gasteiger partial charge is 0.338 e. The molecule has 3 aromatic rings. The van der Waals surface area contributed by atoms with Crippen LogP contribution in [0.3, 0.4) is 0 Å². The number of tetrazole rings is 1. The van der Waals surface area contributed by atoms with Crippen LogP contribution in [0.25, 0.3) is 5.69 Å². The summed E-state index contributed by atoms with van der Waals surface area (Å²) in [6, 6.07) is 8.14. The van der Waals surface area contributed by atoms with Gasteiger partial charge in [-0.05, 0) is 54.5 Å². The van der Waals surface area contributed by atoms with E-state index in [9.17, 15) is 9.59 Å². The topological polar surface area (TPSA) is 124 Å². The number of benzene rings is 1. The molecule has 32 heavy (non-hydrogen) atoms. The van der Waals surface area contributed by atoms with E-state index in [1.54, 1.807) is 23.7 Å². The molecule has 0 spiro atoms. The number of nitrogens with one attached hydrogen (secondary N) is 2. The Hall–Kier alpha value is -3.60. The molecule has 0 saturated carbocycles. The molecule has 0 fully saturated rings. The van der Waals surface area contributed by atoms with E-state index in [4.69, 9.17) is 9.15 Å². The molecule has 166 valence electrons. The third-order valence-corrected chi connectivity index (χ3v) is 5.86. The van der Waals surface area contributed by atoms with Crippen LogP contribution in [0.5, 0.6) is 0 Å². The summed E-state index contributed by atoms with van der Waals surface area (Å²) in [7, 11) is 0. The third-order valence-electron chi connectivity index (χ3n) is 4.91. The Kier molecular flexibility index (Phi) is 6.26. The zero-order valence-corrected chi connectivity index (χ0v) is 18.6. The van der Waals surface area contributed by atoms with Crippen molar-refractivity contribution >= 4 is 23.8 Å². The standard InChI is InChI=1S/C21H22N6O4S/c1-4-30-19(28)16-14(22-20(29)23-17(16)15-9-6-10-31-15)11-32-21-24-25-26-27(21)18-12(2)7-5-8-13(18)3/h5-10,17H,4,11H2,1-3H3,(H2,22,23,29). The van der Waals surface area contributed by atoms with Gasteiger partial charge < -0.3 is 19.8 Å². The second-order valence-corrected chi connectivity index (χ2v) is 8.00. The molecule has 1 aliphatic heterocycles. The van der Waals surface area contributed by atoms with Gasteiger partial charge in [-0.2, -0.15) is 4.68 Å².